The normalized spacial score (nSPS) is 21.1. The lowest BCUT2D eigenvalue weighted by Gasteiger charge is -2.38. The predicted octanol–water partition coefficient (Wildman–Crippen LogP) is 3.41. The van der Waals surface area contributed by atoms with E-state index in [0.29, 0.717) is 28.2 Å². The molecule has 0 bridgehead atoms. The molecule has 1 atom stereocenters. The van der Waals surface area contributed by atoms with Crippen LogP contribution in [0, 0.1) is 5.41 Å². The summed E-state index contributed by atoms with van der Waals surface area (Å²) < 4.78 is 7.48. The van der Waals surface area contributed by atoms with Gasteiger partial charge in [0, 0.05) is 17.7 Å². The molecule has 0 spiro atoms. The highest BCUT2D eigenvalue weighted by molar-refractivity contribution is 9.10. The van der Waals surface area contributed by atoms with Crippen molar-refractivity contribution in [3.63, 3.8) is 0 Å². The number of Topliss-reactive ketones (excluding diaryl/α,β-unsaturated/α-hetero) is 1. The quantitative estimate of drug-likeness (QED) is 0.776. The van der Waals surface area contributed by atoms with Crippen LogP contribution in [-0.4, -0.2) is 32.8 Å². The Kier molecular flexibility index (Phi) is 3.83. The molecule has 1 aromatic carbocycles. The maximum atomic E-state index is 13.0. The molecule has 136 valence electrons. The zero-order valence-corrected chi connectivity index (χ0v) is 16.3. The number of nitrogens with one attached hydrogen (secondary N) is 1. The number of anilines is 1. The van der Waals surface area contributed by atoms with Crippen LogP contribution in [0.15, 0.2) is 34.2 Å². The molecule has 0 saturated carbocycles. The number of hydrogen-bond donors (Lipinski definition) is 2. The second-order valence-corrected chi connectivity index (χ2v) is 8.30. The highest BCUT2D eigenvalue weighted by Gasteiger charge is 2.41. The van der Waals surface area contributed by atoms with Crippen LogP contribution in [0.1, 0.15) is 38.3 Å². The van der Waals surface area contributed by atoms with Gasteiger partial charge in [-0.1, -0.05) is 13.8 Å². The van der Waals surface area contributed by atoms with Crippen molar-refractivity contribution in [3.05, 3.63) is 39.8 Å². The van der Waals surface area contributed by atoms with Crippen molar-refractivity contribution >= 4 is 27.7 Å². The molecule has 1 aliphatic carbocycles. The van der Waals surface area contributed by atoms with Crippen molar-refractivity contribution < 1.29 is 14.6 Å². The number of rotatable bonds is 2. The lowest BCUT2D eigenvalue weighted by Crippen LogP contribution is -2.36. The molecule has 2 aliphatic rings. The first-order valence-electron chi connectivity index (χ1n) is 8.30. The first-order chi connectivity index (χ1) is 12.3. The first-order valence-corrected chi connectivity index (χ1v) is 9.09. The third-order valence-electron chi connectivity index (χ3n) is 4.86. The number of nitrogens with zero attached hydrogens (tertiary/aromatic N) is 3. The summed E-state index contributed by atoms with van der Waals surface area (Å²) in [7, 11) is 1.49. The zero-order valence-electron chi connectivity index (χ0n) is 14.7. The minimum atomic E-state index is -0.418. The maximum Gasteiger partial charge on any atom is 0.226 e. The molecule has 8 heteroatoms. The Bertz CT molecular complexity index is 948. The average Bonchev–Trinajstić information content (AvgIpc) is 3.02. The largest absolute Gasteiger partial charge is 0.503 e. The van der Waals surface area contributed by atoms with Crippen LogP contribution in [0.3, 0.4) is 0 Å². The monoisotopic (exact) mass is 418 g/mol. The Balaban J connectivity index is 1.93. The van der Waals surface area contributed by atoms with Crippen LogP contribution in [0.5, 0.6) is 11.5 Å². The predicted molar refractivity (Wildman–Crippen MR) is 99.2 cm³/mol. The number of halogens is 1. The number of phenolic OH excluding ortho intramolecular Hbond substituents is 1. The number of methoxy groups -OCH3 is 1. The summed E-state index contributed by atoms with van der Waals surface area (Å²) in [5, 5.41) is 17.7. The number of carbonyl (C=O) groups is 1. The van der Waals surface area contributed by atoms with Crippen LogP contribution >= 0.6 is 15.9 Å². The summed E-state index contributed by atoms with van der Waals surface area (Å²) in [6.45, 7) is 4.18. The summed E-state index contributed by atoms with van der Waals surface area (Å²) >= 11 is 3.36. The van der Waals surface area contributed by atoms with E-state index in [1.807, 2.05) is 0 Å². The van der Waals surface area contributed by atoms with Crippen molar-refractivity contribution in [2.45, 2.75) is 32.7 Å². The van der Waals surface area contributed by atoms with E-state index in [4.69, 9.17) is 4.74 Å². The maximum absolute atomic E-state index is 13.0. The Hall–Kier alpha value is -2.35. The van der Waals surface area contributed by atoms with Gasteiger partial charge in [-0.05, 0) is 45.5 Å². The van der Waals surface area contributed by atoms with E-state index in [9.17, 15) is 9.90 Å². The Morgan fingerprint density at radius 2 is 2.15 bits per heavy atom. The summed E-state index contributed by atoms with van der Waals surface area (Å²) in [5.74, 6) is 1.05. The molecule has 0 amide bonds. The number of benzene rings is 1. The first kappa shape index (κ1) is 17.1. The number of ketones is 1. The van der Waals surface area contributed by atoms with Gasteiger partial charge in [-0.15, -0.1) is 0 Å². The van der Waals surface area contributed by atoms with Gasteiger partial charge in [-0.3, -0.25) is 4.79 Å². The third-order valence-corrected chi connectivity index (χ3v) is 5.46. The molecule has 4 rings (SSSR count). The van der Waals surface area contributed by atoms with E-state index < -0.39 is 6.04 Å². The molecule has 0 fully saturated rings. The van der Waals surface area contributed by atoms with Crippen molar-refractivity contribution in [1.29, 1.82) is 0 Å². The molecule has 0 saturated heterocycles. The average molecular weight is 419 g/mol. The van der Waals surface area contributed by atoms with Crippen LogP contribution in [0.25, 0.3) is 0 Å². The second kappa shape index (κ2) is 5.84. The fourth-order valence-electron chi connectivity index (χ4n) is 3.76. The van der Waals surface area contributed by atoms with E-state index in [2.05, 4.69) is 45.2 Å². The van der Waals surface area contributed by atoms with E-state index in [1.54, 1.807) is 16.8 Å². The molecule has 2 heterocycles. The van der Waals surface area contributed by atoms with Crippen molar-refractivity contribution in [3.8, 4) is 11.5 Å². The van der Waals surface area contributed by atoms with Crippen molar-refractivity contribution in [2.24, 2.45) is 5.41 Å². The van der Waals surface area contributed by atoms with Gasteiger partial charge in [-0.25, -0.2) is 4.68 Å². The van der Waals surface area contributed by atoms with Gasteiger partial charge in [0.1, 0.15) is 12.4 Å². The van der Waals surface area contributed by atoms with Crippen molar-refractivity contribution in [2.75, 3.05) is 12.4 Å². The number of hydrogen-bond acceptors (Lipinski definition) is 6. The molecular formula is C18H19BrN4O3. The summed E-state index contributed by atoms with van der Waals surface area (Å²) in [4.78, 5) is 17.3. The van der Waals surface area contributed by atoms with Gasteiger partial charge in [-0.2, -0.15) is 10.1 Å². The zero-order chi connectivity index (χ0) is 18.6. The fourth-order valence-corrected chi connectivity index (χ4v) is 4.22. The number of aromatic hydroxyl groups is 1. The van der Waals surface area contributed by atoms with Gasteiger partial charge >= 0.3 is 0 Å². The molecule has 0 unspecified atom stereocenters. The summed E-state index contributed by atoms with van der Waals surface area (Å²) in [5.41, 5.74) is 2.27. The number of aromatic nitrogens is 3. The Morgan fingerprint density at radius 1 is 1.38 bits per heavy atom. The van der Waals surface area contributed by atoms with Gasteiger partial charge in [0.25, 0.3) is 0 Å². The van der Waals surface area contributed by atoms with E-state index in [0.717, 1.165) is 17.7 Å². The van der Waals surface area contributed by atoms with Gasteiger partial charge in [0.05, 0.1) is 11.6 Å². The highest BCUT2D eigenvalue weighted by Crippen LogP contribution is 2.47. The van der Waals surface area contributed by atoms with E-state index in [1.165, 1.54) is 13.4 Å². The SMILES string of the molecule is COc1cc([C@H]2C3=C(CC(C)(C)CC3=O)Nc3ncnn32)cc(Br)c1O. The summed E-state index contributed by atoms with van der Waals surface area (Å²) in [6, 6.07) is 3.11. The Labute approximate surface area is 159 Å². The lowest BCUT2D eigenvalue weighted by molar-refractivity contribution is -0.118. The van der Waals surface area contributed by atoms with Crippen molar-refractivity contribution in [1.82, 2.24) is 14.8 Å². The lowest BCUT2D eigenvalue weighted by atomic mass is 9.73. The number of carbonyl (C=O) groups excluding carboxylic acids is 1. The van der Waals surface area contributed by atoms with Gasteiger partial charge < -0.3 is 15.2 Å². The molecular weight excluding hydrogens is 400 g/mol. The molecule has 1 aliphatic heterocycles. The fraction of sp³-hybridized carbons (Fsp3) is 0.389. The minimum Gasteiger partial charge on any atom is -0.503 e. The molecule has 0 radical (unpaired) electrons. The minimum absolute atomic E-state index is 0.0225. The molecule has 1 aromatic heterocycles. The standard InChI is InChI=1S/C18H19BrN4O3/c1-18(2)6-11-14(12(24)7-18)15(23-17(22-11)20-8-21-23)9-4-10(19)16(25)13(5-9)26-3/h4-5,8,15,25H,6-7H2,1-3H3,(H,20,21,22)/t15-/m0/s1. The van der Waals surface area contributed by atoms with E-state index >= 15 is 0 Å². The van der Waals surface area contributed by atoms with Crippen LogP contribution in [0.2, 0.25) is 0 Å². The number of fused-ring (bicyclic) bond motifs is 1. The number of ether oxygens (including phenoxy) is 1. The molecule has 26 heavy (non-hydrogen) atoms. The van der Waals surface area contributed by atoms with Gasteiger partial charge in [0.2, 0.25) is 5.95 Å². The van der Waals surface area contributed by atoms with Crippen LogP contribution in [-0.2, 0) is 4.79 Å². The molecule has 2 N–H and O–H groups in total. The summed E-state index contributed by atoms with van der Waals surface area (Å²) in [6.07, 6.45) is 2.70. The smallest absolute Gasteiger partial charge is 0.226 e. The molecule has 2 aromatic rings. The number of allylic oxidation sites excluding steroid dienone is 2. The Morgan fingerprint density at radius 3 is 2.88 bits per heavy atom. The number of phenols is 1. The second-order valence-electron chi connectivity index (χ2n) is 7.44. The van der Waals surface area contributed by atoms with E-state index in [-0.39, 0.29) is 16.9 Å². The van der Waals surface area contributed by atoms with Gasteiger partial charge in [0.15, 0.2) is 17.3 Å². The topological polar surface area (TPSA) is 89.3 Å². The molecule has 7 nitrogen and oxygen atoms in total. The highest BCUT2D eigenvalue weighted by atomic mass is 79.9. The van der Waals surface area contributed by atoms with Crippen LogP contribution < -0.4 is 10.1 Å². The van der Waals surface area contributed by atoms with Crippen LogP contribution in [0.4, 0.5) is 5.95 Å². The third kappa shape index (κ3) is 2.59.